The number of halogens is 4. The summed E-state index contributed by atoms with van der Waals surface area (Å²) in [6, 6.07) is 14.9. The van der Waals surface area contributed by atoms with Crippen LogP contribution in [-0.2, 0) is 4.79 Å². The van der Waals surface area contributed by atoms with Gasteiger partial charge in [0.1, 0.15) is 23.2 Å². The van der Waals surface area contributed by atoms with Gasteiger partial charge in [-0.25, -0.2) is 0 Å². The number of nitrogens with zero attached hydrogens (tertiary/aromatic N) is 1. The highest BCUT2D eigenvalue weighted by Gasteiger charge is 2.14. The van der Waals surface area contributed by atoms with E-state index in [0.29, 0.717) is 42.9 Å². The molecule has 3 rings (SSSR count). The maximum absolute atomic E-state index is 12.4. The Morgan fingerprint density at radius 3 is 2.43 bits per heavy atom. The van der Waals surface area contributed by atoms with E-state index in [0.717, 1.165) is 0 Å². The van der Waals surface area contributed by atoms with E-state index >= 15 is 0 Å². The van der Waals surface area contributed by atoms with E-state index in [1.54, 1.807) is 30.3 Å². The number of carbonyl (C=O) groups is 1. The molecule has 0 bridgehead atoms. The molecule has 0 aliphatic rings. The molecule has 2 aromatic carbocycles. The molecule has 1 aromatic heterocycles. The van der Waals surface area contributed by atoms with E-state index in [9.17, 15) is 10.1 Å². The van der Waals surface area contributed by atoms with Crippen molar-refractivity contribution in [3.05, 3.63) is 80.0 Å². The van der Waals surface area contributed by atoms with E-state index in [-0.39, 0.29) is 5.57 Å². The summed E-state index contributed by atoms with van der Waals surface area (Å²) in [6.07, 6.45) is 1.32. The Morgan fingerprint density at radius 1 is 1.04 bits per heavy atom. The molecule has 0 radical (unpaired) electrons. The Bertz CT molecular complexity index is 1110. The number of carbonyl (C=O) groups excluding carboxylic acids is 1. The van der Waals surface area contributed by atoms with Gasteiger partial charge in [-0.15, -0.1) is 0 Å². The van der Waals surface area contributed by atoms with Gasteiger partial charge >= 0.3 is 0 Å². The molecule has 0 atom stereocenters. The van der Waals surface area contributed by atoms with Crippen molar-refractivity contribution in [1.29, 1.82) is 5.26 Å². The molecule has 0 unspecified atom stereocenters. The van der Waals surface area contributed by atoms with Gasteiger partial charge in [0.05, 0.1) is 10.0 Å². The summed E-state index contributed by atoms with van der Waals surface area (Å²) >= 11 is 24.0. The highest BCUT2D eigenvalue weighted by atomic mass is 35.5. The summed E-state index contributed by atoms with van der Waals surface area (Å²) in [4.78, 5) is 12.4. The predicted molar refractivity (Wildman–Crippen MR) is 113 cm³/mol. The lowest BCUT2D eigenvalue weighted by Gasteiger charge is -2.05. The van der Waals surface area contributed by atoms with Gasteiger partial charge in [0.25, 0.3) is 5.91 Å². The second-order valence-corrected chi connectivity index (χ2v) is 7.24. The van der Waals surface area contributed by atoms with Crippen molar-refractivity contribution in [3.63, 3.8) is 0 Å². The number of amides is 1. The number of furan rings is 1. The van der Waals surface area contributed by atoms with Crippen molar-refractivity contribution in [2.75, 3.05) is 5.32 Å². The van der Waals surface area contributed by atoms with Gasteiger partial charge in [-0.1, -0.05) is 52.5 Å². The van der Waals surface area contributed by atoms with E-state index in [1.165, 1.54) is 24.3 Å². The van der Waals surface area contributed by atoms with Crippen molar-refractivity contribution in [2.24, 2.45) is 0 Å². The van der Waals surface area contributed by atoms with Crippen LogP contribution in [0.5, 0.6) is 0 Å². The van der Waals surface area contributed by atoms with Crippen LogP contribution in [0.15, 0.2) is 58.5 Å². The largest absolute Gasteiger partial charge is 0.457 e. The first-order chi connectivity index (χ1) is 13.4. The van der Waals surface area contributed by atoms with Gasteiger partial charge in [0, 0.05) is 27.4 Å². The quantitative estimate of drug-likeness (QED) is 0.339. The minimum atomic E-state index is -0.625. The fourth-order valence-electron chi connectivity index (χ4n) is 2.38. The molecule has 0 saturated carbocycles. The first kappa shape index (κ1) is 20.3. The van der Waals surface area contributed by atoms with E-state index in [2.05, 4.69) is 5.32 Å². The molecule has 8 heteroatoms. The number of hydrogen-bond donors (Lipinski definition) is 1. The first-order valence-electron chi connectivity index (χ1n) is 7.81. The molecular weight excluding hydrogens is 442 g/mol. The van der Waals surface area contributed by atoms with Gasteiger partial charge in [-0.2, -0.15) is 5.26 Å². The fourth-order valence-corrected chi connectivity index (χ4v) is 3.30. The van der Waals surface area contributed by atoms with E-state index in [4.69, 9.17) is 50.8 Å². The molecule has 28 heavy (non-hydrogen) atoms. The summed E-state index contributed by atoms with van der Waals surface area (Å²) in [5, 5.41) is 13.4. The van der Waals surface area contributed by atoms with Gasteiger partial charge in [-0.05, 0) is 42.5 Å². The zero-order valence-electron chi connectivity index (χ0n) is 14.0. The van der Waals surface area contributed by atoms with Crippen LogP contribution < -0.4 is 5.32 Å². The number of hydrogen-bond acceptors (Lipinski definition) is 3. The van der Waals surface area contributed by atoms with Gasteiger partial charge in [-0.3, -0.25) is 4.79 Å². The number of nitriles is 1. The van der Waals surface area contributed by atoms with Crippen LogP contribution in [0, 0.1) is 11.3 Å². The smallest absolute Gasteiger partial charge is 0.266 e. The summed E-state index contributed by atoms with van der Waals surface area (Å²) in [7, 11) is 0. The number of anilines is 1. The molecule has 1 N–H and O–H groups in total. The third-order valence-corrected chi connectivity index (χ3v) is 4.87. The second kappa shape index (κ2) is 8.72. The summed E-state index contributed by atoms with van der Waals surface area (Å²) in [5.74, 6) is 0.138. The van der Waals surface area contributed by atoms with Crippen LogP contribution in [0.1, 0.15) is 5.76 Å². The highest BCUT2D eigenvalue weighted by molar-refractivity contribution is 6.43. The Labute approximate surface area is 180 Å². The second-order valence-electron chi connectivity index (χ2n) is 5.59. The zero-order valence-corrected chi connectivity index (χ0v) is 17.0. The molecule has 0 saturated heterocycles. The van der Waals surface area contributed by atoms with Crippen molar-refractivity contribution in [2.45, 2.75) is 0 Å². The van der Waals surface area contributed by atoms with Crippen molar-refractivity contribution in [1.82, 2.24) is 0 Å². The molecule has 3 aromatic rings. The molecule has 1 amide bonds. The SMILES string of the molecule is N#CC(=Cc1ccc(-c2cccc(Cl)c2Cl)o1)C(=O)Nc1cc(Cl)cc(Cl)c1. The lowest BCUT2D eigenvalue weighted by molar-refractivity contribution is -0.112. The number of nitrogens with one attached hydrogen (secondary N) is 1. The van der Waals surface area contributed by atoms with E-state index < -0.39 is 5.91 Å². The summed E-state index contributed by atoms with van der Waals surface area (Å²) in [5.41, 5.74) is 0.814. The third-order valence-electron chi connectivity index (χ3n) is 3.62. The van der Waals surface area contributed by atoms with Crippen LogP contribution in [0.3, 0.4) is 0 Å². The summed E-state index contributed by atoms with van der Waals surface area (Å²) < 4.78 is 5.68. The molecule has 0 fully saturated rings. The van der Waals surface area contributed by atoms with Crippen LogP contribution in [0.25, 0.3) is 17.4 Å². The maximum atomic E-state index is 12.4. The van der Waals surface area contributed by atoms with Gasteiger partial charge in [0.2, 0.25) is 0 Å². The first-order valence-corrected chi connectivity index (χ1v) is 9.32. The minimum absolute atomic E-state index is 0.158. The van der Waals surface area contributed by atoms with Crippen LogP contribution >= 0.6 is 46.4 Å². The highest BCUT2D eigenvalue weighted by Crippen LogP contribution is 2.34. The van der Waals surface area contributed by atoms with Crippen molar-refractivity contribution >= 4 is 64.1 Å². The van der Waals surface area contributed by atoms with Crippen LogP contribution in [0.4, 0.5) is 5.69 Å². The fraction of sp³-hybridized carbons (Fsp3) is 0. The minimum Gasteiger partial charge on any atom is -0.457 e. The Hall–Kier alpha value is -2.42. The third kappa shape index (κ3) is 4.70. The van der Waals surface area contributed by atoms with Crippen LogP contribution in [0.2, 0.25) is 20.1 Å². The molecule has 1 heterocycles. The Morgan fingerprint density at radius 2 is 1.75 bits per heavy atom. The number of rotatable bonds is 4. The lowest BCUT2D eigenvalue weighted by Crippen LogP contribution is -2.13. The average molecular weight is 452 g/mol. The lowest BCUT2D eigenvalue weighted by atomic mass is 10.2. The molecule has 140 valence electrons. The monoisotopic (exact) mass is 450 g/mol. The van der Waals surface area contributed by atoms with E-state index in [1.807, 2.05) is 6.07 Å². The molecule has 0 aliphatic carbocycles. The Kier molecular flexibility index (Phi) is 6.33. The zero-order chi connectivity index (χ0) is 20.3. The predicted octanol–water partition coefficient (Wildman–Crippen LogP) is 7.11. The molecule has 0 spiro atoms. The summed E-state index contributed by atoms with van der Waals surface area (Å²) in [6.45, 7) is 0. The average Bonchev–Trinajstić information content (AvgIpc) is 3.09. The van der Waals surface area contributed by atoms with Gasteiger partial charge in [0.15, 0.2) is 0 Å². The van der Waals surface area contributed by atoms with Crippen molar-refractivity contribution in [3.8, 4) is 17.4 Å². The van der Waals surface area contributed by atoms with Crippen LogP contribution in [-0.4, -0.2) is 5.91 Å². The van der Waals surface area contributed by atoms with Crippen molar-refractivity contribution < 1.29 is 9.21 Å². The maximum Gasteiger partial charge on any atom is 0.266 e. The van der Waals surface area contributed by atoms with Gasteiger partial charge < -0.3 is 9.73 Å². The standard InChI is InChI=1S/C20H10Cl4N2O2/c21-12-7-13(22)9-14(8-12)26-20(27)11(10-25)6-15-4-5-18(28-15)16-2-1-3-17(23)19(16)24/h1-9H,(H,26,27). The topological polar surface area (TPSA) is 66.0 Å². The number of benzene rings is 2. The molecule has 4 nitrogen and oxygen atoms in total. The Balaban J connectivity index is 1.85. The normalized spacial score (nSPS) is 11.2. The molecular formula is C20H10Cl4N2O2. The molecule has 0 aliphatic heterocycles.